The second-order valence-corrected chi connectivity index (χ2v) is 7.43. The molecule has 2 aliphatic rings. The Hall–Kier alpha value is -1.89. The number of fused-ring (bicyclic) bond motifs is 1. The van der Waals surface area contributed by atoms with E-state index < -0.39 is 5.56 Å². The van der Waals surface area contributed by atoms with Crippen molar-refractivity contribution in [3.8, 4) is 0 Å². The molecular formula is C16H18N4O2S. The highest BCUT2D eigenvalue weighted by molar-refractivity contribution is 7.99. The lowest BCUT2D eigenvalue weighted by Crippen LogP contribution is -2.31. The Bertz CT molecular complexity index is 922. The van der Waals surface area contributed by atoms with Crippen LogP contribution in [0.5, 0.6) is 0 Å². The molecule has 2 saturated carbocycles. The molecule has 0 saturated heterocycles. The van der Waals surface area contributed by atoms with E-state index in [4.69, 9.17) is 0 Å². The Morgan fingerprint density at radius 3 is 2.65 bits per heavy atom. The van der Waals surface area contributed by atoms with Crippen molar-refractivity contribution in [2.45, 2.75) is 49.6 Å². The van der Waals surface area contributed by atoms with Gasteiger partial charge in [0.25, 0.3) is 5.56 Å². The van der Waals surface area contributed by atoms with Gasteiger partial charge < -0.3 is 0 Å². The molecule has 0 radical (unpaired) electrons. The molecule has 7 heteroatoms. The van der Waals surface area contributed by atoms with Crippen LogP contribution >= 0.6 is 11.8 Å². The quantitative estimate of drug-likeness (QED) is 0.517. The van der Waals surface area contributed by atoms with Crippen LogP contribution in [-0.2, 0) is 0 Å². The minimum absolute atomic E-state index is 0.155. The predicted molar refractivity (Wildman–Crippen MR) is 90.2 cm³/mol. The number of aromatic nitrogens is 4. The summed E-state index contributed by atoms with van der Waals surface area (Å²) in [5.41, 5.74) is 0.763. The van der Waals surface area contributed by atoms with Crippen molar-refractivity contribution in [3.63, 3.8) is 0 Å². The molecular weight excluding hydrogens is 312 g/mol. The van der Waals surface area contributed by atoms with Gasteiger partial charge in [-0.2, -0.15) is 0 Å². The number of nitrogens with one attached hydrogen (secondary N) is 1. The first kappa shape index (κ1) is 14.7. The fraction of sp³-hybridized carbons (Fsp3) is 0.500. The lowest BCUT2D eigenvalue weighted by atomic mass is 10.3. The zero-order valence-electron chi connectivity index (χ0n) is 13.0. The number of nitrogens with zero attached hydrogens (tertiary/aromatic N) is 3. The van der Waals surface area contributed by atoms with Crippen LogP contribution in [0.4, 0.5) is 0 Å². The number of hydrogen-bond acceptors (Lipinski definition) is 5. The van der Waals surface area contributed by atoms with Gasteiger partial charge in [-0.05, 0) is 32.6 Å². The molecule has 120 valence electrons. The van der Waals surface area contributed by atoms with Gasteiger partial charge in [-0.1, -0.05) is 12.2 Å². The standard InChI is InChI=1S/C16H18N4O2S/c1-8(2)7-23-15-11-13(17-12(18-15)9-3-4-9)20(10-5-6-10)16(22)19-14(11)21/h9-10H,1,3-7H2,2H3,(H,19,21,22). The zero-order chi connectivity index (χ0) is 16.1. The van der Waals surface area contributed by atoms with Gasteiger partial charge in [0.1, 0.15) is 16.2 Å². The van der Waals surface area contributed by atoms with Crippen LogP contribution in [0.25, 0.3) is 11.0 Å². The smallest absolute Gasteiger partial charge is 0.274 e. The van der Waals surface area contributed by atoms with Crippen LogP contribution in [-0.4, -0.2) is 25.3 Å². The van der Waals surface area contributed by atoms with Crippen LogP contribution in [0.3, 0.4) is 0 Å². The third-order valence-corrected chi connectivity index (χ3v) is 5.28. The Balaban J connectivity index is 1.98. The second-order valence-electron chi connectivity index (χ2n) is 6.47. The van der Waals surface area contributed by atoms with Gasteiger partial charge in [-0.15, -0.1) is 11.8 Å². The normalized spacial score (nSPS) is 17.6. The third-order valence-electron chi connectivity index (χ3n) is 4.08. The highest BCUT2D eigenvalue weighted by Crippen LogP contribution is 2.40. The number of H-pyrrole nitrogens is 1. The van der Waals surface area contributed by atoms with Crippen LogP contribution in [0, 0.1) is 0 Å². The molecule has 23 heavy (non-hydrogen) atoms. The summed E-state index contributed by atoms with van der Waals surface area (Å²) in [5.74, 6) is 1.82. The fourth-order valence-corrected chi connectivity index (χ4v) is 3.50. The lowest BCUT2D eigenvalue weighted by molar-refractivity contribution is 0.691. The first-order valence-corrected chi connectivity index (χ1v) is 8.87. The van der Waals surface area contributed by atoms with Gasteiger partial charge in [0, 0.05) is 17.7 Å². The second kappa shape index (κ2) is 5.33. The average molecular weight is 330 g/mol. The number of rotatable bonds is 5. The maximum absolute atomic E-state index is 12.4. The van der Waals surface area contributed by atoms with E-state index in [0.29, 0.717) is 27.7 Å². The molecule has 0 atom stereocenters. The van der Waals surface area contributed by atoms with E-state index in [2.05, 4.69) is 21.5 Å². The topological polar surface area (TPSA) is 80.6 Å². The molecule has 6 nitrogen and oxygen atoms in total. The van der Waals surface area contributed by atoms with Gasteiger partial charge >= 0.3 is 5.69 Å². The van der Waals surface area contributed by atoms with Gasteiger partial charge in [0.2, 0.25) is 0 Å². The lowest BCUT2D eigenvalue weighted by Gasteiger charge is -2.11. The molecule has 2 aromatic rings. The van der Waals surface area contributed by atoms with Gasteiger partial charge in [-0.3, -0.25) is 14.3 Å². The highest BCUT2D eigenvalue weighted by atomic mass is 32.2. The largest absolute Gasteiger partial charge is 0.330 e. The molecule has 0 spiro atoms. The minimum atomic E-state index is -0.395. The first-order valence-electron chi connectivity index (χ1n) is 7.88. The highest BCUT2D eigenvalue weighted by Gasteiger charge is 2.32. The van der Waals surface area contributed by atoms with Gasteiger partial charge in [0.15, 0.2) is 5.65 Å². The molecule has 1 N–H and O–H groups in total. The summed E-state index contributed by atoms with van der Waals surface area (Å²) in [5, 5.41) is 1.10. The van der Waals surface area contributed by atoms with Crippen molar-refractivity contribution < 1.29 is 0 Å². The Labute approximate surface area is 137 Å². The molecule has 0 amide bonds. The summed E-state index contributed by atoms with van der Waals surface area (Å²) < 4.78 is 1.65. The van der Waals surface area contributed by atoms with E-state index in [9.17, 15) is 9.59 Å². The van der Waals surface area contributed by atoms with Crippen LogP contribution in [0.2, 0.25) is 0 Å². The summed E-state index contributed by atoms with van der Waals surface area (Å²) >= 11 is 1.49. The number of thioether (sulfide) groups is 1. The summed E-state index contributed by atoms with van der Waals surface area (Å²) in [6.07, 6.45) is 4.07. The average Bonchev–Trinajstić information content (AvgIpc) is 3.36. The van der Waals surface area contributed by atoms with Crippen molar-refractivity contribution in [1.29, 1.82) is 0 Å². The van der Waals surface area contributed by atoms with Gasteiger partial charge in [0.05, 0.1) is 0 Å². The van der Waals surface area contributed by atoms with Gasteiger partial charge in [-0.25, -0.2) is 14.8 Å². The summed E-state index contributed by atoms with van der Waals surface area (Å²) in [4.78, 5) is 36.3. The third kappa shape index (κ3) is 2.73. The number of hydrogen-bond donors (Lipinski definition) is 1. The van der Waals surface area contributed by atoms with Crippen molar-refractivity contribution in [2.24, 2.45) is 0 Å². The molecule has 0 aromatic carbocycles. The fourth-order valence-electron chi connectivity index (χ4n) is 2.63. The molecule has 2 fully saturated rings. The zero-order valence-corrected chi connectivity index (χ0v) is 13.8. The van der Waals surface area contributed by atoms with E-state index in [1.165, 1.54) is 11.8 Å². The molecule has 2 aromatic heterocycles. The summed E-state index contributed by atoms with van der Waals surface area (Å²) in [7, 11) is 0. The predicted octanol–water partition coefficient (Wildman–Crippen LogP) is 2.36. The molecule has 2 aliphatic carbocycles. The Kier molecular flexibility index (Phi) is 3.41. The Morgan fingerprint density at radius 1 is 1.30 bits per heavy atom. The van der Waals surface area contributed by atoms with E-state index in [1.807, 2.05) is 6.92 Å². The first-order chi connectivity index (χ1) is 11.0. The monoisotopic (exact) mass is 330 g/mol. The van der Waals surface area contributed by atoms with Crippen molar-refractivity contribution in [3.05, 3.63) is 38.8 Å². The maximum Gasteiger partial charge on any atom is 0.330 e. The molecule has 2 heterocycles. The maximum atomic E-state index is 12.4. The number of aromatic amines is 1. The van der Waals surface area contributed by atoms with Crippen molar-refractivity contribution in [1.82, 2.24) is 19.5 Å². The van der Waals surface area contributed by atoms with E-state index >= 15 is 0 Å². The van der Waals surface area contributed by atoms with E-state index in [-0.39, 0.29) is 11.7 Å². The summed E-state index contributed by atoms with van der Waals surface area (Å²) in [6, 6.07) is 0.155. The van der Waals surface area contributed by atoms with Crippen molar-refractivity contribution in [2.75, 3.05) is 5.75 Å². The SMILES string of the molecule is C=C(C)CSc1nc(C2CC2)nc2c1c(=O)[nH]c(=O)n2C1CC1. The minimum Gasteiger partial charge on any atom is -0.274 e. The molecule has 0 bridgehead atoms. The van der Waals surface area contributed by atoms with Crippen LogP contribution in [0.15, 0.2) is 26.8 Å². The van der Waals surface area contributed by atoms with Crippen LogP contribution < -0.4 is 11.2 Å². The molecule has 0 aliphatic heterocycles. The Morgan fingerprint density at radius 2 is 2.04 bits per heavy atom. The summed E-state index contributed by atoms with van der Waals surface area (Å²) in [6.45, 7) is 5.85. The molecule has 0 unspecified atom stereocenters. The molecule has 4 rings (SSSR count). The van der Waals surface area contributed by atoms with E-state index in [1.54, 1.807) is 4.57 Å². The van der Waals surface area contributed by atoms with E-state index in [0.717, 1.165) is 37.1 Å². The van der Waals surface area contributed by atoms with Crippen LogP contribution in [0.1, 0.15) is 50.4 Å². The van der Waals surface area contributed by atoms with Crippen molar-refractivity contribution >= 4 is 22.8 Å².